The third-order valence-electron chi connectivity index (χ3n) is 3.83. The topological polar surface area (TPSA) is 68.9 Å². The molecule has 0 unspecified atom stereocenters. The minimum atomic E-state index is 0.397. The Labute approximate surface area is 152 Å². The maximum absolute atomic E-state index is 6.25. The quantitative estimate of drug-likeness (QED) is 0.645. The predicted molar refractivity (Wildman–Crippen MR) is 102 cm³/mol. The van der Waals surface area contributed by atoms with E-state index in [0.717, 1.165) is 11.3 Å². The van der Waals surface area contributed by atoms with Gasteiger partial charge in [0.1, 0.15) is 13.2 Å². The van der Waals surface area contributed by atoms with Gasteiger partial charge >= 0.3 is 0 Å². The summed E-state index contributed by atoms with van der Waals surface area (Å²) in [5, 5.41) is 3.70. The van der Waals surface area contributed by atoms with Crippen LogP contribution in [0.2, 0.25) is 5.02 Å². The first-order valence-electron chi connectivity index (χ1n) is 8.24. The minimum Gasteiger partial charge on any atom is -0.486 e. The van der Waals surface area contributed by atoms with E-state index < -0.39 is 0 Å². The van der Waals surface area contributed by atoms with Gasteiger partial charge in [-0.05, 0) is 61.2 Å². The van der Waals surface area contributed by atoms with Crippen LogP contribution in [0.25, 0.3) is 0 Å². The maximum atomic E-state index is 6.25. The summed E-state index contributed by atoms with van der Waals surface area (Å²) >= 11 is 6.25. The number of halogens is 1. The molecule has 132 valence electrons. The van der Waals surface area contributed by atoms with E-state index in [9.17, 15) is 0 Å². The molecule has 0 saturated carbocycles. The molecule has 3 rings (SSSR count). The summed E-state index contributed by atoms with van der Waals surface area (Å²) < 4.78 is 11.1. The summed E-state index contributed by atoms with van der Waals surface area (Å²) in [5.41, 5.74) is 10.3. The summed E-state index contributed by atoms with van der Waals surface area (Å²) in [6, 6.07) is 10.0. The van der Waals surface area contributed by atoms with Crippen LogP contribution >= 0.6 is 11.6 Å². The third kappa shape index (κ3) is 4.57. The molecule has 3 N–H and O–H groups in total. The normalized spacial score (nSPS) is 13.6. The summed E-state index contributed by atoms with van der Waals surface area (Å²) in [5.74, 6) is 1.71. The van der Waals surface area contributed by atoms with Crippen molar-refractivity contribution in [1.29, 1.82) is 0 Å². The number of nitrogens with two attached hydrogens (primary N) is 1. The Hall–Kier alpha value is -2.40. The summed E-state index contributed by atoms with van der Waals surface area (Å²) in [6.07, 6.45) is 0.714. The van der Waals surface area contributed by atoms with Crippen LogP contribution < -0.4 is 20.5 Å². The first-order valence-corrected chi connectivity index (χ1v) is 8.62. The number of hydrogen-bond donors (Lipinski definition) is 2. The molecule has 1 heterocycles. The average molecular weight is 360 g/mol. The molecule has 1 aliphatic heterocycles. The first-order chi connectivity index (χ1) is 12.0. The number of benzene rings is 2. The van der Waals surface area contributed by atoms with Crippen molar-refractivity contribution in [2.75, 3.05) is 25.1 Å². The molecular weight excluding hydrogens is 338 g/mol. The number of ether oxygens (including phenoxy) is 2. The van der Waals surface area contributed by atoms with E-state index in [1.807, 2.05) is 24.3 Å². The van der Waals surface area contributed by atoms with Crippen molar-refractivity contribution in [1.82, 2.24) is 0 Å². The molecule has 0 bridgehead atoms. The molecule has 2 aromatic rings. The molecule has 2 aromatic carbocycles. The molecule has 25 heavy (non-hydrogen) atoms. The lowest BCUT2D eigenvalue weighted by Gasteiger charge is -2.20. The number of hydrogen-bond acceptors (Lipinski definition) is 3. The van der Waals surface area contributed by atoms with Crippen LogP contribution in [0.3, 0.4) is 0 Å². The lowest BCUT2D eigenvalue weighted by atomic mass is 10.1. The van der Waals surface area contributed by atoms with Crippen molar-refractivity contribution >= 4 is 23.2 Å². The Balaban J connectivity index is 1.61. The number of rotatable bonds is 4. The van der Waals surface area contributed by atoms with Crippen LogP contribution in [-0.2, 0) is 6.42 Å². The second kappa shape index (κ2) is 7.66. The van der Waals surface area contributed by atoms with E-state index in [-0.39, 0.29) is 0 Å². The van der Waals surface area contributed by atoms with E-state index in [2.05, 4.69) is 30.2 Å². The van der Waals surface area contributed by atoms with Gasteiger partial charge in [-0.1, -0.05) is 17.7 Å². The number of nitrogens with zero attached hydrogens (tertiary/aromatic N) is 1. The number of nitrogens with one attached hydrogen (secondary N) is 1. The van der Waals surface area contributed by atoms with E-state index in [1.165, 1.54) is 11.1 Å². The number of guanidine groups is 1. The fraction of sp³-hybridized carbons (Fsp3) is 0.316. The van der Waals surface area contributed by atoms with E-state index >= 15 is 0 Å². The van der Waals surface area contributed by atoms with Crippen LogP contribution in [-0.4, -0.2) is 25.7 Å². The van der Waals surface area contributed by atoms with E-state index in [1.54, 1.807) is 0 Å². The van der Waals surface area contributed by atoms with Gasteiger partial charge in [0.05, 0.1) is 5.02 Å². The molecule has 0 atom stereocenters. The van der Waals surface area contributed by atoms with Gasteiger partial charge in [0.15, 0.2) is 17.5 Å². The van der Waals surface area contributed by atoms with Crippen molar-refractivity contribution in [3.8, 4) is 11.5 Å². The zero-order valence-corrected chi connectivity index (χ0v) is 15.2. The molecule has 5 nitrogen and oxygen atoms in total. The van der Waals surface area contributed by atoms with Gasteiger partial charge in [0, 0.05) is 12.2 Å². The lowest BCUT2D eigenvalue weighted by molar-refractivity contribution is 0.171. The number of aryl methyl sites for hydroxylation is 2. The second-order valence-corrected chi connectivity index (χ2v) is 6.53. The van der Waals surface area contributed by atoms with Gasteiger partial charge in [-0.15, -0.1) is 0 Å². The largest absolute Gasteiger partial charge is 0.486 e. The van der Waals surface area contributed by atoms with Gasteiger partial charge in [-0.2, -0.15) is 0 Å². The molecule has 0 saturated heterocycles. The summed E-state index contributed by atoms with van der Waals surface area (Å²) in [6.45, 7) is 5.72. The second-order valence-electron chi connectivity index (χ2n) is 6.12. The smallest absolute Gasteiger partial charge is 0.193 e. The Morgan fingerprint density at radius 3 is 2.60 bits per heavy atom. The van der Waals surface area contributed by atoms with E-state index in [0.29, 0.717) is 48.7 Å². The van der Waals surface area contributed by atoms with Crippen LogP contribution in [0, 0.1) is 13.8 Å². The van der Waals surface area contributed by atoms with Gasteiger partial charge in [-0.3, -0.25) is 4.99 Å². The fourth-order valence-electron chi connectivity index (χ4n) is 2.85. The number of aliphatic imine (C=N–C) groups is 1. The molecule has 0 amide bonds. The van der Waals surface area contributed by atoms with Gasteiger partial charge in [0.2, 0.25) is 0 Å². The molecular formula is C19H22ClN3O2. The molecule has 0 aromatic heterocycles. The van der Waals surface area contributed by atoms with Crippen LogP contribution in [0.4, 0.5) is 5.69 Å². The van der Waals surface area contributed by atoms with Crippen molar-refractivity contribution in [2.45, 2.75) is 20.3 Å². The van der Waals surface area contributed by atoms with Crippen LogP contribution in [0.15, 0.2) is 35.3 Å². The Morgan fingerprint density at radius 2 is 1.84 bits per heavy atom. The van der Waals surface area contributed by atoms with Gasteiger partial charge in [0.25, 0.3) is 0 Å². The molecule has 0 spiro atoms. The summed E-state index contributed by atoms with van der Waals surface area (Å²) in [4.78, 5) is 4.38. The summed E-state index contributed by atoms with van der Waals surface area (Å²) in [7, 11) is 0. The van der Waals surface area contributed by atoms with Crippen LogP contribution in [0.1, 0.15) is 16.7 Å². The lowest BCUT2D eigenvalue weighted by Crippen LogP contribution is -2.23. The monoisotopic (exact) mass is 359 g/mol. The Kier molecular flexibility index (Phi) is 5.34. The molecule has 0 fully saturated rings. The molecule has 0 aliphatic carbocycles. The highest BCUT2D eigenvalue weighted by molar-refractivity contribution is 6.32. The Morgan fingerprint density at radius 1 is 1.12 bits per heavy atom. The molecule has 6 heteroatoms. The highest BCUT2D eigenvalue weighted by Gasteiger charge is 2.16. The van der Waals surface area contributed by atoms with E-state index in [4.69, 9.17) is 26.8 Å². The van der Waals surface area contributed by atoms with Gasteiger partial charge in [-0.25, -0.2) is 0 Å². The predicted octanol–water partition coefficient (Wildman–Crippen LogP) is 3.70. The standard InChI is InChI=1S/C19H22ClN3O2/c1-12-7-13(2)9-15(8-12)23-19(21)22-4-3-14-10-16(20)18-17(11-14)24-5-6-25-18/h7-11H,3-6H2,1-2H3,(H3,21,22,23). The molecule has 1 aliphatic rings. The van der Waals surface area contributed by atoms with Crippen LogP contribution in [0.5, 0.6) is 11.5 Å². The number of anilines is 1. The van der Waals surface area contributed by atoms with Gasteiger partial charge < -0.3 is 20.5 Å². The van der Waals surface area contributed by atoms with Crippen molar-refractivity contribution in [3.05, 3.63) is 52.0 Å². The third-order valence-corrected chi connectivity index (χ3v) is 4.11. The fourth-order valence-corrected chi connectivity index (χ4v) is 3.14. The highest BCUT2D eigenvalue weighted by Crippen LogP contribution is 2.38. The first kappa shape index (κ1) is 17.4. The maximum Gasteiger partial charge on any atom is 0.193 e. The van der Waals surface area contributed by atoms with Crippen molar-refractivity contribution < 1.29 is 9.47 Å². The van der Waals surface area contributed by atoms with Crippen molar-refractivity contribution in [2.24, 2.45) is 10.7 Å². The molecule has 0 radical (unpaired) electrons. The number of fused-ring (bicyclic) bond motifs is 1. The SMILES string of the molecule is Cc1cc(C)cc(NC(N)=NCCc2cc(Cl)c3c(c2)OCCO3)c1. The average Bonchev–Trinajstić information content (AvgIpc) is 2.54. The Bertz CT molecular complexity index is 785. The zero-order valence-electron chi connectivity index (χ0n) is 14.4. The minimum absolute atomic E-state index is 0.397. The highest BCUT2D eigenvalue weighted by atomic mass is 35.5. The zero-order chi connectivity index (χ0) is 17.8. The van der Waals surface area contributed by atoms with Crippen molar-refractivity contribution in [3.63, 3.8) is 0 Å².